The molecule has 31 heavy (non-hydrogen) atoms. The summed E-state index contributed by atoms with van der Waals surface area (Å²) in [6.45, 7) is 6.47. The minimum Gasteiger partial charge on any atom is -0.494 e. The molecule has 1 heterocycles. The molecule has 0 atom stereocenters. The average Bonchev–Trinajstić information content (AvgIpc) is 2.79. The van der Waals surface area contributed by atoms with Gasteiger partial charge < -0.3 is 18.9 Å². The van der Waals surface area contributed by atoms with Gasteiger partial charge in [-0.2, -0.15) is 0 Å². The normalized spacial score (nSPS) is 14.6. The van der Waals surface area contributed by atoms with E-state index in [0.717, 1.165) is 54.2 Å². The van der Waals surface area contributed by atoms with Crippen LogP contribution in [0.25, 0.3) is 6.08 Å². The van der Waals surface area contributed by atoms with Crippen molar-refractivity contribution in [2.24, 2.45) is 0 Å². The summed E-state index contributed by atoms with van der Waals surface area (Å²) in [5.74, 6) is 1.97. The van der Waals surface area contributed by atoms with Crippen LogP contribution < -0.4 is 14.2 Å². The highest BCUT2D eigenvalue weighted by Crippen LogP contribution is 2.34. The lowest BCUT2D eigenvalue weighted by atomic mass is 10.0. The maximum Gasteiger partial charge on any atom is 0.185 e. The molecule has 0 unspecified atom stereocenters. The number of ketones is 1. The minimum absolute atomic E-state index is 0.0760. The minimum atomic E-state index is -0.0760. The summed E-state index contributed by atoms with van der Waals surface area (Å²) in [5.41, 5.74) is 2.46. The molecule has 0 spiro atoms. The number of carbonyl (C=O) groups excluding carboxylic acids is 1. The third kappa shape index (κ3) is 6.09. The lowest BCUT2D eigenvalue weighted by Crippen LogP contribution is -2.35. The number of methoxy groups -OCH3 is 2. The summed E-state index contributed by atoms with van der Waals surface area (Å²) >= 11 is 3.52. The number of benzene rings is 2. The molecule has 1 saturated heterocycles. The molecular weight excluding hydrogens is 462 g/mol. The van der Waals surface area contributed by atoms with Gasteiger partial charge in [0.15, 0.2) is 17.3 Å². The van der Waals surface area contributed by atoms with Gasteiger partial charge in [-0.25, -0.2) is 0 Å². The van der Waals surface area contributed by atoms with Gasteiger partial charge in [-0.15, -0.1) is 0 Å². The molecule has 1 fully saturated rings. The highest BCUT2D eigenvalue weighted by Gasteiger charge is 2.15. The van der Waals surface area contributed by atoms with Crippen LogP contribution in [0.15, 0.2) is 40.9 Å². The molecule has 0 N–H and O–H groups in total. The van der Waals surface area contributed by atoms with E-state index in [9.17, 15) is 4.79 Å². The van der Waals surface area contributed by atoms with Crippen LogP contribution in [0.1, 0.15) is 28.4 Å². The van der Waals surface area contributed by atoms with Gasteiger partial charge in [0.1, 0.15) is 5.75 Å². The van der Waals surface area contributed by atoms with Crippen LogP contribution in [0.4, 0.5) is 0 Å². The Hall–Kier alpha value is -2.35. The molecule has 0 bridgehead atoms. The lowest BCUT2D eigenvalue weighted by molar-refractivity contribution is 0.0338. The van der Waals surface area contributed by atoms with Gasteiger partial charge in [0, 0.05) is 35.2 Å². The smallest absolute Gasteiger partial charge is 0.185 e. The number of nitrogens with zero attached hydrogens (tertiary/aromatic N) is 1. The first-order valence-electron chi connectivity index (χ1n) is 10.3. The van der Waals surface area contributed by atoms with E-state index < -0.39 is 0 Å². The Morgan fingerprint density at radius 3 is 2.48 bits per heavy atom. The first-order valence-corrected chi connectivity index (χ1v) is 11.0. The average molecular weight is 490 g/mol. The van der Waals surface area contributed by atoms with E-state index in [0.29, 0.717) is 23.7 Å². The number of morpholine rings is 1. The number of carbonyl (C=O) groups is 1. The van der Waals surface area contributed by atoms with Crippen molar-refractivity contribution < 1.29 is 23.7 Å². The molecule has 0 amide bonds. The molecule has 0 aromatic heterocycles. The molecule has 0 aliphatic carbocycles. The predicted octanol–water partition coefficient (Wildman–Crippen LogP) is 4.59. The van der Waals surface area contributed by atoms with E-state index in [1.807, 2.05) is 37.3 Å². The first-order chi connectivity index (χ1) is 15.0. The van der Waals surface area contributed by atoms with Crippen LogP contribution in [0, 0.1) is 0 Å². The van der Waals surface area contributed by atoms with Gasteiger partial charge in [0.2, 0.25) is 0 Å². The summed E-state index contributed by atoms with van der Waals surface area (Å²) in [5, 5.41) is 0. The lowest BCUT2D eigenvalue weighted by Gasteiger charge is -2.27. The van der Waals surface area contributed by atoms with E-state index in [2.05, 4.69) is 20.8 Å². The number of allylic oxidation sites excluding steroid dienone is 1. The second kappa shape index (κ2) is 11.3. The van der Waals surface area contributed by atoms with Crippen molar-refractivity contribution in [1.29, 1.82) is 0 Å². The zero-order chi connectivity index (χ0) is 22.2. The molecule has 0 radical (unpaired) electrons. The first kappa shape index (κ1) is 23.3. The topological polar surface area (TPSA) is 57.2 Å². The zero-order valence-corrected chi connectivity index (χ0v) is 19.7. The van der Waals surface area contributed by atoms with Gasteiger partial charge in [0.05, 0.1) is 34.0 Å². The highest BCUT2D eigenvalue weighted by molar-refractivity contribution is 9.10. The Labute approximate surface area is 191 Å². The summed E-state index contributed by atoms with van der Waals surface area (Å²) < 4.78 is 22.7. The largest absolute Gasteiger partial charge is 0.494 e. The third-order valence-electron chi connectivity index (χ3n) is 5.06. The van der Waals surface area contributed by atoms with Crippen molar-refractivity contribution in [2.45, 2.75) is 13.5 Å². The quantitative estimate of drug-likeness (QED) is 0.379. The number of hydrogen-bond donors (Lipinski definition) is 0. The number of rotatable bonds is 9. The number of ether oxygens (including phenoxy) is 4. The molecular formula is C24H28BrNO5. The molecule has 3 rings (SSSR count). The Balaban J connectivity index is 1.81. The van der Waals surface area contributed by atoms with Crippen molar-refractivity contribution in [3.63, 3.8) is 0 Å². The van der Waals surface area contributed by atoms with Crippen molar-refractivity contribution in [3.05, 3.63) is 57.6 Å². The molecule has 2 aromatic rings. The van der Waals surface area contributed by atoms with Crippen LogP contribution in [-0.2, 0) is 11.3 Å². The molecule has 2 aromatic carbocycles. The van der Waals surface area contributed by atoms with E-state index >= 15 is 0 Å². The Morgan fingerprint density at radius 2 is 1.81 bits per heavy atom. The van der Waals surface area contributed by atoms with E-state index in [1.165, 1.54) is 0 Å². The van der Waals surface area contributed by atoms with Gasteiger partial charge in [-0.1, -0.05) is 15.9 Å². The van der Waals surface area contributed by atoms with Crippen LogP contribution in [0.5, 0.6) is 17.2 Å². The Morgan fingerprint density at radius 1 is 1.10 bits per heavy atom. The van der Waals surface area contributed by atoms with Gasteiger partial charge >= 0.3 is 0 Å². The molecule has 1 aliphatic heterocycles. The second-order valence-electron chi connectivity index (χ2n) is 7.07. The predicted molar refractivity (Wildman–Crippen MR) is 124 cm³/mol. The van der Waals surface area contributed by atoms with E-state index in [-0.39, 0.29) is 5.78 Å². The fourth-order valence-electron chi connectivity index (χ4n) is 3.41. The molecule has 6 nitrogen and oxygen atoms in total. The monoisotopic (exact) mass is 489 g/mol. The van der Waals surface area contributed by atoms with E-state index in [4.69, 9.17) is 18.9 Å². The molecule has 1 aliphatic rings. The SMILES string of the molecule is CCOc1ccc(C(=O)C=Cc2cc(OC)c(OC)cc2Br)cc1CN1CCOCC1. The highest BCUT2D eigenvalue weighted by atomic mass is 79.9. The standard InChI is InChI=1S/C24H28BrNO5/c1-4-31-22-8-6-18(13-19(22)16-26-9-11-30-12-10-26)21(27)7-5-17-14-23(28-2)24(29-3)15-20(17)25/h5-8,13-15H,4,9-12,16H2,1-3H3. The van der Waals surface area contributed by atoms with Crippen molar-refractivity contribution in [3.8, 4) is 17.2 Å². The third-order valence-corrected chi connectivity index (χ3v) is 5.75. The van der Waals surface area contributed by atoms with Crippen LogP contribution >= 0.6 is 15.9 Å². The Bertz CT molecular complexity index is 938. The van der Waals surface area contributed by atoms with Crippen LogP contribution in [0.2, 0.25) is 0 Å². The van der Waals surface area contributed by atoms with E-state index in [1.54, 1.807) is 26.4 Å². The number of halogens is 1. The number of hydrogen-bond acceptors (Lipinski definition) is 6. The van der Waals surface area contributed by atoms with Gasteiger partial charge in [-0.05, 0) is 55.0 Å². The molecule has 0 saturated carbocycles. The van der Waals surface area contributed by atoms with Crippen LogP contribution in [-0.4, -0.2) is 57.8 Å². The van der Waals surface area contributed by atoms with Gasteiger partial charge in [-0.3, -0.25) is 9.69 Å². The van der Waals surface area contributed by atoms with Crippen LogP contribution in [0.3, 0.4) is 0 Å². The Kier molecular flexibility index (Phi) is 8.51. The maximum atomic E-state index is 12.9. The van der Waals surface area contributed by atoms with Crippen molar-refractivity contribution in [1.82, 2.24) is 4.90 Å². The summed E-state index contributed by atoms with van der Waals surface area (Å²) in [7, 11) is 3.17. The molecule has 7 heteroatoms. The van der Waals surface area contributed by atoms with Gasteiger partial charge in [0.25, 0.3) is 0 Å². The summed E-state index contributed by atoms with van der Waals surface area (Å²) in [6.07, 6.45) is 3.34. The maximum absolute atomic E-state index is 12.9. The van der Waals surface area contributed by atoms with Crippen molar-refractivity contribution in [2.75, 3.05) is 47.1 Å². The zero-order valence-electron chi connectivity index (χ0n) is 18.2. The fraction of sp³-hybridized carbons (Fsp3) is 0.375. The fourth-order valence-corrected chi connectivity index (χ4v) is 3.87. The second-order valence-corrected chi connectivity index (χ2v) is 7.92. The summed E-state index contributed by atoms with van der Waals surface area (Å²) in [6, 6.07) is 9.27. The molecule has 166 valence electrons. The van der Waals surface area contributed by atoms with Crippen molar-refractivity contribution >= 4 is 27.8 Å². The summed E-state index contributed by atoms with van der Waals surface area (Å²) in [4.78, 5) is 15.2.